The summed E-state index contributed by atoms with van der Waals surface area (Å²) in [6.07, 6.45) is 1.00. The van der Waals surface area contributed by atoms with Crippen LogP contribution in [-0.2, 0) is 4.79 Å². The van der Waals surface area contributed by atoms with Gasteiger partial charge in [-0.1, -0.05) is 43.6 Å². The first-order valence-corrected chi connectivity index (χ1v) is 7.60. The highest BCUT2D eigenvalue weighted by molar-refractivity contribution is 6.31. The van der Waals surface area contributed by atoms with E-state index in [0.717, 1.165) is 5.69 Å². The maximum Gasteiger partial charge on any atom is 0.260 e. The first-order chi connectivity index (χ1) is 10.5. The van der Waals surface area contributed by atoms with Gasteiger partial charge in [0, 0.05) is 6.54 Å². The summed E-state index contributed by atoms with van der Waals surface area (Å²) in [5, 5.41) is 7.47. The highest BCUT2D eigenvalue weighted by Crippen LogP contribution is 2.24. The number of nitrogens with zero attached hydrogens (tertiary/aromatic N) is 2. The van der Waals surface area contributed by atoms with Crippen molar-refractivity contribution in [3.63, 3.8) is 0 Å². The van der Waals surface area contributed by atoms with Gasteiger partial charge < -0.3 is 10.1 Å². The second-order valence-corrected chi connectivity index (χ2v) is 5.87. The quantitative estimate of drug-likeness (QED) is 0.889. The Morgan fingerprint density at radius 2 is 2.00 bits per heavy atom. The standard InChI is InChI=1S/C16H20ClN3O2/c1-11(2)9-18-15(21)12(3)22-16-14(17)10-20(19-16)13-7-5-4-6-8-13/h4-8,10-12H,9H2,1-3H3,(H,18,21)/t12-/m1/s1. The monoisotopic (exact) mass is 321 g/mol. The summed E-state index contributed by atoms with van der Waals surface area (Å²) in [6.45, 7) is 6.35. The number of halogens is 1. The topological polar surface area (TPSA) is 56.1 Å². The van der Waals surface area contributed by atoms with Gasteiger partial charge in [0.2, 0.25) is 0 Å². The maximum absolute atomic E-state index is 11.9. The molecule has 0 saturated carbocycles. The lowest BCUT2D eigenvalue weighted by molar-refractivity contribution is -0.127. The van der Waals surface area contributed by atoms with Crippen molar-refractivity contribution >= 4 is 17.5 Å². The number of ether oxygens (including phenoxy) is 1. The number of nitrogens with one attached hydrogen (secondary N) is 1. The molecule has 1 aromatic carbocycles. The summed E-state index contributed by atoms with van der Waals surface area (Å²) in [7, 11) is 0. The minimum absolute atomic E-state index is 0.181. The molecule has 0 saturated heterocycles. The Hall–Kier alpha value is -2.01. The zero-order valence-electron chi connectivity index (χ0n) is 12.9. The van der Waals surface area contributed by atoms with Gasteiger partial charge in [-0.25, -0.2) is 4.68 Å². The van der Waals surface area contributed by atoms with E-state index in [-0.39, 0.29) is 11.8 Å². The number of hydrogen-bond donors (Lipinski definition) is 1. The van der Waals surface area contributed by atoms with Crippen LogP contribution in [0, 0.1) is 5.92 Å². The Bertz CT molecular complexity index is 626. The molecule has 0 fully saturated rings. The van der Waals surface area contributed by atoms with Crippen LogP contribution in [0.1, 0.15) is 20.8 Å². The van der Waals surface area contributed by atoms with E-state index in [4.69, 9.17) is 16.3 Å². The van der Waals surface area contributed by atoms with E-state index < -0.39 is 6.10 Å². The Labute approximate surface area is 135 Å². The van der Waals surface area contributed by atoms with Gasteiger partial charge in [-0.15, -0.1) is 5.10 Å². The van der Waals surface area contributed by atoms with Crippen molar-refractivity contribution in [2.45, 2.75) is 26.9 Å². The molecule has 0 aliphatic rings. The molecule has 1 amide bonds. The van der Waals surface area contributed by atoms with Crippen molar-refractivity contribution in [1.29, 1.82) is 0 Å². The number of aromatic nitrogens is 2. The van der Waals surface area contributed by atoms with Crippen LogP contribution >= 0.6 is 11.6 Å². The molecular weight excluding hydrogens is 302 g/mol. The van der Waals surface area contributed by atoms with Crippen molar-refractivity contribution in [1.82, 2.24) is 15.1 Å². The van der Waals surface area contributed by atoms with Gasteiger partial charge in [0.1, 0.15) is 5.02 Å². The number of amides is 1. The van der Waals surface area contributed by atoms with Gasteiger partial charge in [-0.05, 0) is 25.0 Å². The molecule has 22 heavy (non-hydrogen) atoms. The first-order valence-electron chi connectivity index (χ1n) is 7.22. The van der Waals surface area contributed by atoms with Gasteiger partial charge >= 0.3 is 0 Å². The summed E-state index contributed by atoms with van der Waals surface area (Å²) < 4.78 is 7.19. The van der Waals surface area contributed by atoms with Crippen LogP contribution in [0.4, 0.5) is 0 Å². The molecule has 2 rings (SSSR count). The summed E-state index contributed by atoms with van der Waals surface area (Å²) >= 11 is 6.13. The number of carbonyl (C=O) groups excluding carboxylic acids is 1. The fourth-order valence-electron chi connectivity index (χ4n) is 1.80. The van der Waals surface area contributed by atoms with Gasteiger partial charge in [0.05, 0.1) is 11.9 Å². The lowest BCUT2D eigenvalue weighted by atomic mass is 10.2. The average Bonchev–Trinajstić information content (AvgIpc) is 2.86. The molecule has 1 aromatic heterocycles. The molecule has 6 heteroatoms. The number of rotatable bonds is 6. The molecule has 0 unspecified atom stereocenters. The van der Waals surface area contributed by atoms with Gasteiger partial charge in [-0.3, -0.25) is 4.79 Å². The van der Waals surface area contributed by atoms with E-state index in [1.54, 1.807) is 17.8 Å². The molecule has 1 heterocycles. The highest BCUT2D eigenvalue weighted by Gasteiger charge is 2.18. The van der Waals surface area contributed by atoms with Crippen LogP contribution in [0.15, 0.2) is 36.5 Å². The Balaban J connectivity index is 2.04. The molecular formula is C16H20ClN3O2. The normalized spacial score (nSPS) is 12.2. The Morgan fingerprint density at radius 3 is 2.64 bits per heavy atom. The van der Waals surface area contributed by atoms with Gasteiger partial charge in [0.15, 0.2) is 6.10 Å². The molecule has 118 valence electrons. The molecule has 1 N–H and O–H groups in total. The number of hydrogen-bond acceptors (Lipinski definition) is 3. The second-order valence-electron chi connectivity index (χ2n) is 5.46. The van der Waals surface area contributed by atoms with Crippen molar-refractivity contribution in [3.05, 3.63) is 41.6 Å². The van der Waals surface area contributed by atoms with E-state index in [0.29, 0.717) is 17.5 Å². The highest BCUT2D eigenvalue weighted by atomic mass is 35.5. The largest absolute Gasteiger partial charge is 0.462 e. The molecule has 0 bridgehead atoms. The van der Waals surface area contributed by atoms with Gasteiger partial charge in [0.25, 0.3) is 11.8 Å². The lowest BCUT2D eigenvalue weighted by Gasteiger charge is -2.14. The minimum atomic E-state index is -0.657. The number of carbonyl (C=O) groups is 1. The third-order valence-corrected chi connectivity index (χ3v) is 3.26. The summed E-state index contributed by atoms with van der Waals surface area (Å²) in [4.78, 5) is 11.9. The Kier molecular flexibility index (Phi) is 5.44. The molecule has 5 nitrogen and oxygen atoms in total. The zero-order chi connectivity index (χ0) is 16.1. The number of para-hydroxylation sites is 1. The van der Waals surface area contributed by atoms with Crippen molar-refractivity contribution < 1.29 is 9.53 Å². The molecule has 2 aromatic rings. The fraction of sp³-hybridized carbons (Fsp3) is 0.375. The maximum atomic E-state index is 11.9. The molecule has 0 aliphatic heterocycles. The number of benzene rings is 1. The lowest BCUT2D eigenvalue weighted by Crippen LogP contribution is -2.38. The zero-order valence-corrected chi connectivity index (χ0v) is 13.7. The fourth-order valence-corrected chi connectivity index (χ4v) is 1.97. The SMILES string of the molecule is CC(C)CNC(=O)[C@@H](C)Oc1nn(-c2ccccc2)cc1Cl. The van der Waals surface area contributed by atoms with E-state index in [1.165, 1.54) is 0 Å². The van der Waals surface area contributed by atoms with E-state index in [2.05, 4.69) is 10.4 Å². The molecule has 0 radical (unpaired) electrons. The van der Waals surface area contributed by atoms with Crippen molar-refractivity contribution in [3.8, 4) is 11.6 Å². The molecule has 0 aliphatic carbocycles. The van der Waals surface area contributed by atoms with E-state index in [9.17, 15) is 4.79 Å². The predicted octanol–water partition coefficient (Wildman–Crippen LogP) is 3.07. The van der Waals surface area contributed by atoms with Crippen LogP contribution in [-0.4, -0.2) is 28.3 Å². The third kappa shape index (κ3) is 4.24. The average molecular weight is 322 g/mol. The first kappa shape index (κ1) is 16.4. The minimum Gasteiger partial charge on any atom is -0.462 e. The van der Waals surface area contributed by atoms with E-state index in [1.807, 2.05) is 44.2 Å². The van der Waals surface area contributed by atoms with Crippen LogP contribution in [0.25, 0.3) is 5.69 Å². The van der Waals surface area contributed by atoms with Crippen molar-refractivity contribution in [2.24, 2.45) is 5.92 Å². The van der Waals surface area contributed by atoms with Crippen LogP contribution < -0.4 is 10.1 Å². The Morgan fingerprint density at radius 1 is 1.32 bits per heavy atom. The second kappa shape index (κ2) is 7.31. The van der Waals surface area contributed by atoms with Crippen LogP contribution in [0.3, 0.4) is 0 Å². The third-order valence-electron chi connectivity index (χ3n) is 3.00. The van der Waals surface area contributed by atoms with Crippen molar-refractivity contribution in [2.75, 3.05) is 6.54 Å². The van der Waals surface area contributed by atoms with Crippen LogP contribution in [0.2, 0.25) is 5.02 Å². The van der Waals surface area contributed by atoms with Crippen LogP contribution in [0.5, 0.6) is 5.88 Å². The smallest absolute Gasteiger partial charge is 0.260 e. The molecule has 1 atom stereocenters. The van der Waals surface area contributed by atoms with E-state index >= 15 is 0 Å². The predicted molar refractivity (Wildman–Crippen MR) is 86.5 cm³/mol. The summed E-state index contributed by atoms with van der Waals surface area (Å²) in [5.74, 6) is 0.453. The summed E-state index contributed by atoms with van der Waals surface area (Å²) in [6, 6.07) is 9.56. The van der Waals surface area contributed by atoms with Gasteiger partial charge in [-0.2, -0.15) is 0 Å². The molecule has 0 spiro atoms. The summed E-state index contributed by atoms with van der Waals surface area (Å²) in [5.41, 5.74) is 0.871.